The molecule has 0 saturated heterocycles. The zero-order valence-corrected chi connectivity index (χ0v) is 13.3. The lowest BCUT2D eigenvalue weighted by atomic mass is 9.81. The number of carbonyl (C=O) groups is 1. The molecule has 3 nitrogen and oxygen atoms in total. The molecule has 0 unspecified atom stereocenters. The Labute approximate surface area is 131 Å². The van der Waals surface area contributed by atoms with Crippen LogP contribution in [0, 0.1) is 0 Å². The normalized spacial score (nSPS) is 21.2. The second-order valence-corrected chi connectivity index (χ2v) is 5.91. The number of esters is 1. The number of ether oxygens (including phenoxy) is 2. The standard InChI is InChI=1S/C19H22O3/c1-21-18-10-9-16-11-15(7-8-17(16)12-18)13-3-5-14(6-4-13)19(20)22-2/h3,5,11-12H,4,6-10H2,1-2H3. The van der Waals surface area contributed by atoms with Crippen molar-refractivity contribution in [2.24, 2.45) is 0 Å². The molecule has 0 heterocycles. The highest BCUT2D eigenvalue weighted by atomic mass is 16.5. The molecule has 0 aliphatic heterocycles. The summed E-state index contributed by atoms with van der Waals surface area (Å²) in [7, 11) is 3.19. The Kier molecular flexibility index (Phi) is 4.32. The van der Waals surface area contributed by atoms with Crippen LogP contribution in [0.2, 0.25) is 0 Å². The number of allylic oxidation sites excluding steroid dienone is 9. The van der Waals surface area contributed by atoms with Crippen LogP contribution in [0.1, 0.15) is 38.5 Å². The second-order valence-electron chi connectivity index (χ2n) is 5.91. The van der Waals surface area contributed by atoms with Crippen molar-refractivity contribution in [2.75, 3.05) is 14.2 Å². The summed E-state index contributed by atoms with van der Waals surface area (Å²) in [6, 6.07) is 0. The Balaban J connectivity index is 1.80. The summed E-state index contributed by atoms with van der Waals surface area (Å²) >= 11 is 0. The van der Waals surface area contributed by atoms with Gasteiger partial charge in [-0.3, -0.25) is 0 Å². The number of hydrogen-bond acceptors (Lipinski definition) is 3. The van der Waals surface area contributed by atoms with E-state index in [0.29, 0.717) is 0 Å². The SMILES string of the molecule is COC(=O)C1=CC=C(C2=CC3=C(C=C(OC)CC3)CC2)CC1. The third-order valence-corrected chi connectivity index (χ3v) is 4.67. The fourth-order valence-corrected chi connectivity index (χ4v) is 3.35. The van der Waals surface area contributed by atoms with E-state index in [0.717, 1.165) is 49.9 Å². The van der Waals surface area contributed by atoms with Crippen LogP contribution in [0.25, 0.3) is 0 Å². The van der Waals surface area contributed by atoms with Gasteiger partial charge in [-0.25, -0.2) is 4.79 Å². The highest BCUT2D eigenvalue weighted by molar-refractivity contribution is 5.89. The van der Waals surface area contributed by atoms with Gasteiger partial charge in [-0.05, 0) is 60.5 Å². The lowest BCUT2D eigenvalue weighted by Gasteiger charge is -2.25. The second kappa shape index (κ2) is 6.39. The fourth-order valence-electron chi connectivity index (χ4n) is 3.35. The van der Waals surface area contributed by atoms with Crippen LogP contribution in [0.15, 0.2) is 57.9 Å². The van der Waals surface area contributed by atoms with Crippen LogP contribution in [0.4, 0.5) is 0 Å². The van der Waals surface area contributed by atoms with E-state index in [1.165, 1.54) is 29.4 Å². The Morgan fingerprint density at radius 1 is 0.864 bits per heavy atom. The van der Waals surface area contributed by atoms with Crippen LogP contribution in [-0.2, 0) is 14.3 Å². The maximum Gasteiger partial charge on any atom is 0.333 e. The molecule has 0 aromatic carbocycles. The summed E-state index contributed by atoms with van der Waals surface area (Å²) in [5.41, 5.74) is 6.43. The van der Waals surface area contributed by atoms with Gasteiger partial charge in [0.15, 0.2) is 0 Å². The van der Waals surface area contributed by atoms with Gasteiger partial charge in [-0.15, -0.1) is 0 Å². The smallest absolute Gasteiger partial charge is 0.333 e. The van der Waals surface area contributed by atoms with Gasteiger partial charge in [0.05, 0.1) is 20.0 Å². The van der Waals surface area contributed by atoms with Crippen molar-refractivity contribution in [1.29, 1.82) is 0 Å². The largest absolute Gasteiger partial charge is 0.501 e. The Bertz CT molecular complexity index is 642. The minimum Gasteiger partial charge on any atom is -0.501 e. The van der Waals surface area contributed by atoms with Gasteiger partial charge in [0.1, 0.15) is 0 Å². The van der Waals surface area contributed by atoms with E-state index in [1.807, 2.05) is 6.08 Å². The van der Waals surface area contributed by atoms with Crippen LogP contribution in [-0.4, -0.2) is 20.2 Å². The maximum atomic E-state index is 11.5. The third kappa shape index (κ3) is 2.94. The summed E-state index contributed by atoms with van der Waals surface area (Å²) in [5.74, 6) is 0.889. The van der Waals surface area contributed by atoms with Gasteiger partial charge in [-0.1, -0.05) is 18.2 Å². The fraction of sp³-hybridized carbons (Fsp3) is 0.421. The van der Waals surface area contributed by atoms with E-state index in [1.54, 1.807) is 7.11 Å². The van der Waals surface area contributed by atoms with Gasteiger partial charge < -0.3 is 9.47 Å². The molecule has 0 fully saturated rings. The molecule has 116 valence electrons. The van der Waals surface area contributed by atoms with E-state index in [4.69, 9.17) is 9.47 Å². The van der Waals surface area contributed by atoms with E-state index in [-0.39, 0.29) is 5.97 Å². The zero-order valence-electron chi connectivity index (χ0n) is 13.3. The number of hydrogen-bond donors (Lipinski definition) is 0. The topological polar surface area (TPSA) is 35.5 Å². The molecule has 0 spiro atoms. The van der Waals surface area contributed by atoms with Crippen molar-refractivity contribution in [3.8, 4) is 0 Å². The van der Waals surface area contributed by atoms with E-state index >= 15 is 0 Å². The summed E-state index contributed by atoms with van der Waals surface area (Å²) in [5, 5.41) is 0. The summed E-state index contributed by atoms with van der Waals surface area (Å²) in [4.78, 5) is 11.5. The third-order valence-electron chi connectivity index (χ3n) is 4.67. The van der Waals surface area contributed by atoms with Crippen molar-refractivity contribution in [2.45, 2.75) is 38.5 Å². The molecule has 0 bridgehead atoms. The molecule has 0 atom stereocenters. The lowest BCUT2D eigenvalue weighted by Crippen LogP contribution is -2.10. The highest BCUT2D eigenvalue weighted by Gasteiger charge is 2.21. The molecular formula is C19H22O3. The number of carbonyl (C=O) groups excluding carboxylic acids is 1. The highest BCUT2D eigenvalue weighted by Crippen LogP contribution is 2.37. The maximum absolute atomic E-state index is 11.5. The quantitative estimate of drug-likeness (QED) is 0.734. The molecule has 0 N–H and O–H groups in total. The lowest BCUT2D eigenvalue weighted by molar-refractivity contribution is -0.136. The number of methoxy groups -OCH3 is 2. The first-order valence-electron chi connectivity index (χ1n) is 7.87. The molecule has 0 radical (unpaired) electrons. The molecular weight excluding hydrogens is 276 g/mol. The minimum absolute atomic E-state index is 0.206. The minimum atomic E-state index is -0.206. The molecule has 3 heteroatoms. The molecule has 0 aromatic heterocycles. The van der Waals surface area contributed by atoms with Crippen LogP contribution >= 0.6 is 0 Å². The van der Waals surface area contributed by atoms with Gasteiger partial charge >= 0.3 is 5.97 Å². The molecule has 3 aliphatic carbocycles. The summed E-state index contributed by atoms with van der Waals surface area (Å²) in [6.07, 6.45) is 14.5. The van der Waals surface area contributed by atoms with Gasteiger partial charge in [0, 0.05) is 12.0 Å². The molecule has 0 saturated carbocycles. The van der Waals surface area contributed by atoms with Crippen molar-refractivity contribution in [3.63, 3.8) is 0 Å². The predicted octanol–water partition coefficient (Wildman–Crippen LogP) is 4.15. The van der Waals surface area contributed by atoms with Crippen molar-refractivity contribution >= 4 is 5.97 Å². The van der Waals surface area contributed by atoms with E-state index in [2.05, 4.69) is 18.2 Å². The van der Waals surface area contributed by atoms with Crippen molar-refractivity contribution < 1.29 is 14.3 Å². The van der Waals surface area contributed by atoms with E-state index < -0.39 is 0 Å². The van der Waals surface area contributed by atoms with Crippen molar-refractivity contribution in [3.05, 3.63) is 57.9 Å². The van der Waals surface area contributed by atoms with Crippen LogP contribution < -0.4 is 0 Å². The molecule has 0 amide bonds. The first kappa shape index (κ1) is 14.9. The average Bonchev–Trinajstić information content (AvgIpc) is 2.60. The molecule has 3 aliphatic rings. The monoisotopic (exact) mass is 298 g/mol. The Morgan fingerprint density at radius 2 is 1.59 bits per heavy atom. The molecule has 3 rings (SSSR count). The van der Waals surface area contributed by atoms with Gasteiger partial charge in [-0.2, -0.15) is 0 Å². The predicted molar refractivity (Wildman–Crippen MR) is 86.1 cm³/mol. The molecule has 0 aromatic rings. The van der Waals surface area contributed by atoms with Crippen LogP contribution in [0.3, 0.4) is 0 Å². The van der Waals surface area contributed by atoms with Gasteiger partial charge in [0.25, 0.3) is 0 Å². The van der Waals surface area contributed by atoms with Crippen LogP contribution in [0.5, 0.6) is 0 Å². The summed E-state index contributed by atoms with van der Waals surface area (Å²) in [6.45, 7) is 0. The first-order valence-corrected chi connectivity index (χ1v) is 7.87. The summed E-state index contributed by atoms with van der Waals surface area (Å²) < 4.78 is 10.2. The van der Waals surface area contributed by atoms with Crippen molar-refractivity contribution in [1.82, 2.24) is 0 Å². The Morgan fingerprint density at radius 3 is 2.27 bits per heavy atom. The average molecular weight is 298 g/mol. The molecule has 22 heavy (non-hydrogen) atoms. The number of rotatable bonds is 3. The first-order chi connectivity index (χ1) is 10.7. The van der Waals surface area contributed by atoms with Gasteiger partial charge in [0.2, 0.25) is 0 Å². The zero-order chi connectivity index (χ0) is 15.5. The van der Waals surface area contributed by atoms with E-state index in [9.17, 15) is 4.79 Å². The Hall–Kier alpha value is -2.03.